The van der Waals surface area contributed by atoms with Crippen LogP contribution in [0.25, 0.3) is 11.6 Å². The first-order chi connectivity index (χ1) is 14.9. The molecule has 1 aliphatic heterocycles. The molecule has 4 rings (SSSR count). The summed E-state index contributed by atoms with van der Waals surface area (Å²) in [4.78, 5) is 29.3. The van der Waals surface area contributed by atoms with Gasteiger partial charge in [0.15, 0.2) is 0 Å². The number of para-hydroxylation sites is 1. The highest BCUT2D eigenvalue weighted by Crippen LogP contribution is 2.37. The SMILES string of the molecule is CCc1cccc2c1N=CC2=Cc1sc(=O)n(CC(=O)Nc2ccc(Br)c(Cl)c2)c1O. The highest BCUT2D eigenvalue weighted by Gasteiger charge is 2.19. The third-order valence-corrected chi connectivity index (χ3v) is 6.98. The zero-order valence-electron chi connectivity index (χ0n) is 16.4. The second-order valence-corrected chi connectivity index (χ2v) is 9.10. The van der Waals surface area contributed by atoms with Crippen LogP contribution in [0.2, 0.25) is 5.02 Å². The van der Waals surface area contributed by atoms with E-state index in [1.165, 1.54) is 0 Å². The number of halogens is 2. The minimum absolute atomic E-state index is 0.250. The lowest BCUT2D eigenvalue weighted by atomic mass is 10.0. The number of aromatic hydroxyl groups is 1. The minimum atomic E-state index is -0.451. The molecule has 1 aromatic heterocycles. The molecule has 1 amide bonds. The van der Waals surface area contributed by atoms with E-state index in [9.17, 15) is 14.7 Å². The van der Waals surface area contributed by atoms with Crippen molar-refractivity contribution in [3.63, 3.8) is 0 Å². The summed E-state index contributed by atoms with van der Waals surface area (Å²) in [5.74, 6) is -0.701. The average Bonchev–Trinajstić information content (AvgIpc) is 3.27. The molecule has 0 unspecified atom stereocenters. The predicted octanol–water partition coefficient (Wildman–Crippen LogP) is 5.49. The lowest BCUT2D eigenvalue weighted by Gasteiger charge is -2.07. The van der Waals surface area contributed by atoms with Gasteiger partial charge in [0, 0.05) is 27.5 Å². The number of hydrogen-bond donors (Lipinski definition) is 2. The van der Waals surface area contributed by atoms with Crippen LogP contribution in [-0.2, 0) is 17.8 Å². The Labute approximate surface area is 195 Å². The lowest BCUT2D eigenvalue weighted by molar-refractivity contribution is -0.116. The van der Waals surface area contributed by atoms with E-state index >= 15 is 0 Å². The Morgan fingerprint density at radius 1 is 1.35 bits per heavy atom. The molecule has 3 aromatic rings. The summed E-state index contributed by atoms with van der Waals surface area (Å²) < 4.78 is 1.75. The number of allylic oxidation sites excluding steroid dienone is 1. The number of amides is 1. The molecule has 6 nitrogen and oxygen atoms in total. The average molecular weight is 519 g/mol. The molecular weight excluding hydrogens is 502 g/mol. The van der Waals surface area contributed by atoms with Gasteiger partial charge in [0.1, 0.15) is 6.54 Å². The van der Waals surface area contributed by atoms with E-state index < -0.39 is 10.8 Å². The summed E-state index contributed by atoms with van der Waals surface area (Å²) in [5, 5.41) is 13.7. The Hall–Kier alpha value is -2.68. The van der Waals surface area contributed by atoms with Gasteiger partial charge in [-0.1, -0.05) is 48.1 Å². The van der Waals surface area contributed by atoms with Gasteiger partial charge in [0.2, 0.25) is 11.8 Å². The van der Waals surface area contributed by atoms with Gasteiger partial charge in [-0.25, -0.2) is 0 Å². The first-order valence-electron chi connectivity index (χ1n) is 9.43. The number of nitrogens with one attached hydrogen (secondary N) is 1. The van der Waals surface area contributed by atoms with Crippen LogP contribution in [0.3, 0.4) is 0 Å². The molecule has 0 spiro atoms. The fraction of sp³-hybridized carbons (Fsp3) is 0.136. The number of aliphatic imine (C=N–C) groups is 1. The van der Waals surface area contributed by atoms with Gasteiger partial charge in [-0.3, -0.25) is 19.1 Å². The lowest BCUT2D eigenvalue weighted by Crippen LogP contribution is -2.24. The standard InChI is InChI=1S/C22H17BrClN3O3S/c1-2-12-4-3-5-15-13(10-25-20(12)15)8-18-21(29)27(22(30)31-18)11-19(28)26-14-6-7-16(23)17(24)9-14/h3-10,29H,2,11H2,1H3,(H,26,28). The smallest absolute Gasteiger partial charge is 0.311 e. The molecule has 1 aliphatic rings. The molecule has 0 saturated heterocycles. The number of nitrogens with zero attached hydrogens (tertiary/aromatic N) is 2. The molecular formula is C22H17BrClN3O3S. The van der Waals surface area contributed by atoms with Crippen LogP contribution >= 0.6 is 38.9 Å². The number of aryl methyl sites for hydroxylation is 1. The normalized spacial score (nSPS) is 13.6. The van der Waals surface area contributed by atoms with Crippen LogP contribution in [0.4, 0.5) is 11.4 Å². The van der Waals surface area contributed by atoms with Crippen molar-refractivity contribution in [3.05, 3.63) is 71.6 Å². The summed E-state index contributed by atoms with van der Waals surface area (Å²) in [7, 11) is 0. The van der Waals surface area contributed by atoms with Crippen molar-refractivity contribution in [2.75, 3.05) is 5.32 Å². The van der Waals surface area contributed by atoms with E-state index in [1.807, 2.05) is 18.2 Å². The molecule has 0 bridgehead atoms. The first-order valence-corrected chi connectivity index (χ1v) is 11.4. The second-order valence-electron chi connectivity index (χ2n) is 6.84. The van der Waals surface area contributed by atoms with Crippen LogP contribution < -0.4 is 10.2 Å². The van der Waals surface area contributed by atoms with Crippen LogP contribution in [0, 0.1) is 0 Å². The number of aromatic nitrogens is 1. The van der Waals surface area contributed by atoms with Crippen molar-refractivity contribution in [2.45, 2.75) is 19.9 Å². The zero-order chi connectivity index (χ0) is 22.1. The maximum atomic E-state index is 12.4. The largest absolute Gasteiger partial charge is 0.493 e. The first kappa shape index (κ1) is 21.5. The summed E-state index contributed by atoms with van der Waals surface area (Å²) in [5.41, 5.74) is 4.31. The number of fused-ring (bicyclic) bond motifs is 1. The Balaban J connectivity index is 1.57. The van der Waals surface area contributed by atoms with E-state index in [4.69, 9.17) is 11.6 Å². The van der Waals surface area contributed by atoms with Crippen molar-refractivity contribution in [1.29, 1.82) is 0 Å². The Kier molecular flexibility index (Phi) is 6.13. The van der Waals surface area contributed by atoms with Gasteiger partial charge in [-0.15, -0.1) is 0 Å². The topological polar surface area (TPSA) is 83.7 Å². The molecule has 0 atom stereocenters. The molecule has 9 heteroatoms. The Morgan fingerprint density at radius 2 is 2.16 bits per heavy atom. The number of rotatable bonds is 5. The number of carbonyl (C=O) groups excluding carboxylic acids is 1. The van der Waals surface area contributed by atoms with E-state index in [0.29, 0.717) is 20.1 Å². The maximum Gasteiger partial charge on any atom is 0.311 e. The van der Waals surface area contributed by atoms with E-state index in [2.05, 4.69) is 33.2 Å². The van der Waals surface area contributed by atoms with Gasteiger partial charge in [0.05, 0.1) is 15.6 Å². The van der Waals surface area contributed by atoms with Crippen molar-refractivity contribution < 1.29 is 9.90 Å². The second kappa shape index (κ2) is 8.82. The summed E-state index contributed by atoms with van der Waals surface area (Å²) >= 11 is 10.2. The van der Waals surface area contributed by atoms with Gasteiger partial charge in [0.25, 0.3) is 0 Å². The van der Waals surface area contributed by atoms with Crippen molar-refractivity contribution in [1.82, 2.24) is 4.57 Å². The van der Waals surface area contributed by atoms with E-state index in [-0.39, 0.29) is 12.4 Å². The van der Waals surface area contributed by atoms with Crippen LogP contribution in [-0.4, -0.2) is 21.8 Å². The third-order valence-electron chi connectivity index (χ3n) is 4.83. The summed E-state index contributed by atoms with van der Waals surface area (Å²) in [6, 6.07) is 10.9. The summed E-state index contributed by atoms with van der Waals surface area (Å²) in [6.07, 6.45) is 4.31. The van der Waals surface area contributed by atoms with Gasteiger partial charge in [-0.05, 0) is 52.2 Å². The van der Waals surface area contributed by atoms with Crippen molar-refractivity contribution in [2.24, 2.45) is 4.99 Å². The van der Waals surface area contributed by atoms with Gasteiger partial charge < -0.3 is 10.4 Å². The van der Waals surface area contributed by atoms with Crippen molar-refractivity contribution >= 4 is 74.0 Å². The number of benzene rings is 2. The number of thiazole rings is 1. The third kappa shape index (κ3) is 4.37. The van der Waals surface area contributed by atoms with E-state index in [1.54, 1.807) is 30.5 Å². The minimum Gasteiger partial charge on any atom is -0.493 e. The quantitative estimate of drug-likeness (QED) is 0.468. The molecule has 2 N–H and O–H groups in total. The molecule has 0 saturated carbocycles. The molecule has 2 aromatic carbocycles. The Morgan fingerprint density at radius 3 is 2.90 bits per heavy atom. The molecule has 158 valence electrons. The number of anilines is 1. The van der Waals surface area contributed by atoms with Crippen LogP contribution in [0.1, 0.15) is 22.9 Å². The van der Waals surface area contributed by atoms with Crippen molar-refractivity contribution in [3.8, 4) is 5.88 Å². The van der Waals surface area contributed by atoms with Gasteiger partial charge in [-0.2, -0.15) is 0 Å². The molecule has 2 heterocycles. The molecule has 0 radical (unpaired) electrons. The zero-order valence-corrected chi connectivity index (χ0v) is 19.5. The summed E-state index contributed by atoms with van der Waals surface area (Å²) in [6.45, 7) is 1.75. The number of hydrogen-bond acceptors (Lipinski definition) is 5. The number of carbonyl (C=O) groups is 1. The monoisotopic (exact) mass is 517 g/mol. The predicted molar refractivity (Wildman–Crippen MR) is 130 cm³/mol. The van der Waals surface area contributed by atoms with E-state index in [0.717, 1.165) is 44.7 Å². The molecule has 0 fully saturated rings. The molecule has 31 heavy (non-hydrogen) atoms. The van der Waals surface area contributed by atoms with Gasteiger partial charge >= 0.3 is 4.87 Å². The van der Waals surface area contributed by atoms with Crippen LogP contribution in [0.15, 0.2) is 50.7 Å². The fourth-order valence-electron chi connectivity index (χ4n) is 3.29. The molecule has 0 aliphatic carbocycles. The highest BCUT2D eigenvalue weighted by atomic mass is 79.9. The highest BCUT2D eigenvalue weighted by molar-refractivity contribution is 9.10. The Bertz CT molecular complexity index is 1310. The van der Waals surface area contributed by atoms with Crippen LogP contribution in [0.5, 0.6) is 5.88 Å². The fourth-order valence-corrected chi connectivity index (χ4v) is 4.55. The maximum absolute atomic E-state index is 12.4.